The summed E-state index contributed by atoms with van der Waals surface area (Å²) in [4.78, 5) is 12.1. The average Bonchev–Trinajstić information content (AvgIpc) is 3.25. The van der Waals surface area contributed by atoms with Gasteiger partial charge in [-0.05, 0) is 43.9 Å². The van der Waals surface area contributed by atoms with Crippen molar-refractivity contribution in [1.29, 1.82) is 0 Å². The van der Waals surface area contributed by atoms with E-state index in [2.05, 4.69) is 27.4 Å². The van der Waals surface area contributed by atoms with Gasteiger partial charge in [-0.15, -0.1) is 0 Å². The summed E-state index contributed by atoms with van der Waals surface area (Å²) in [5.41, 5.74) is 2.07. The van der Waals surface area contributed by atoms with Gasteiger partial charge in [0.2, 0.25) is 0 Å². The van der Waals surface area contributed by atoms with Crippen molar-refractivity contribution < 1.29 is 4.74 Å². The van der Waals surface area contributed by atoms with Gasteiger partial charge in [0.1, 0.15) is 11.3 Å². The fraction of sp³-hybridized carbons (Fsp3) is 0.647. The minimum absolute atomic E-state index is 0.419. The van der Waals surface area contributed by atoms with Crippen molar-refractivity contribution >= 4 is 11.2 Å². The molecule has 5 nitrogen and oxygen atoms in total. The topological polar surface area (TPSA) is 43.2 Å². The molecule has 0 radical (unpaired) electrons. The van der Waals surface area contributed by atoms with E-state index in [9.17, 15) is 0 Å². The molecular formula is C17H24N4O. The number of rotatable bonds is 4. The predicted octanol–water partition coefficient (Wildman–Crippen LogP) is 2.62. The molecule has 2 aliphatic heterocycles. The molecule has 4 rings (SSSR count). The van der Waals surface area contributed by atoms with E-state index in [-0.39, 0.29) is 0 Å². The van der Waals surface area contributed by atoms with Crippen LogP contribution in [0.25, 0.3) is 11.2 Å². The van der Waals surface area contributed by atoms with Crippen LogP contribution in [-0.4, -0.2) is 45.7 Å². The predicted molar refractivity (Wildman–Crippen MR) is 85.7 cm³/mol. The van der Waals surface area contributed by atoms with Crippen LogP contribution in [0.5, 0.6) is 0 Å². The molecule has 0 spiro atoms. The number of imidazole rings is 1. The summed E-state index contributed by atoms with van der Waals surface area (Å²) in [6.45, 7) is 6.28. The zero-order chi connectivity index (χ0) is 14.9. The zero-order valence-corrected chi connectivity index (χ0v) is 13.2. The van der Waals surface area contributed by atoms with E-state index in [1.807, 2.05) is 12.3 Å². The lowest BCUT2D eigenvalue weighted by Gasteiger charge is -2.26. The molecule has 4 heterocycles. The molecule has 2 atom stereocenters. The third kappa shape index (κ3) is 2.42. The molecule has 2 fully saturated rings. The number of aromatic nitrogens is 3. The van der Waals surface area contributed by atoms with Crippen LogP contribution < -0.4 is 0 Å². The van der Waals surface area contributed by atoms with Gasteiger partial charge in [0.15, 0.2) is 5.65 Å². The highest BCUT2D eigenvalue weighted by Crippen LogP contribution is 2.32. The fourth-order valence-corrected chi connectivity index (χ4v) is 3.91. The van der Waals surface area contributed by atoms with Gasteiger partial charge >= 0.3 is 0 Å². The normalized spacial score (nSPS) is 26.2. The van der Waals surface area contributed by atoms with Crippen molar-refractivity contribution in [3.63, 3.8) is 0 Å². The Morgan fingerprint density at radius 3 is 3.14 bits per heavy atom. The number of hydrogen-bond donors (Lipinski definition) is 0. The van der Waals surface area contributed by atoms with Gasteiger partial charge in [-0.1, -0.05) is 6.92 Å². The summed E-state index contributed by atoms with van der Waals surface area (Å²) in [6, 6.07) is 4.06. The second-order valence-electron chi connectivity index (χ2n) is 6.43. The van der Waals surface area contributed by atoms with E-state index < -0.39 is 0 Å². The zero-order valence-electron chi connectivity index (χ0n) is 13.2. The number of likely N-dealkylation sites (tertiary alicyclic amines) is 1. The Morgan fingerprint density at radius 1 is 1.36 bits per heavy atom. The third-order valence-corrected chi connectivity index (χ3v) is 5.05. The molecule has 22 heavy (non-hydrogen) atoms. The van der Waals surface area contributed by atoms with Crippen LogP contribution in [0.4, 0.5) is 0 Å². The van der Waals surface area contributed by atoms with E-state index in [0.29, 0.717) is 12.1 Å². The summed E-state index contributed by atoms with van der Waals surface area (Å²) in [6.07, 6.45) is 6.92. The van der Waals surface area contributed by atoms with E-state index in [1.54, 1.807) is 0 Å². The quantitative estimate of drug-likeness (QED) is 0.870. The number of hydrogen-bond acceptors (Lipinski definition) is 4. The van der Waals surface area contributed by atoms with Crippen molar-refractivity contribution in [2.75, 3.05) is 26.3 Å². The Hall–Kier alpha value is -1.46. The number of nitrogens with zero attached hydrogens (tertiary/aromatic N) is 4. The first-order valence-corrected chi connectivity index (χ1v) is 8.50. The fourth-order valence-electron chi connectivity index (χ4n) is 3.91. The van der Waals surface area contributed by atoms with Gasteiger partial charge in [0.05, 0.1) is 6.17 Å². The molecule has 2 aromatic heterocycles. The maximum absolute atomic E-state index is 5.55. The summed E-state index contributed by atoms with van der Waals surface area (Å²) >= 11 is 0. The smallest absolute Gasteiger partial charge is 0.161 e. The molecule has 0 bridgehead atoms. The molecule has 0 amide bonds. The van der Waals surface area contributed by atoms with Crippen molar-refractivity contribution in [2.24, 2.45) is 5.92 Å². The monoisotopic (exact) mass is 300 g/mol. The standard InChI is InChI=1S/C17H24N4O/c1-2-20-9-4-6-16(20)21-15(11-13-7-10-22-12-13)19-14-5-3-8-18-17(14)21/h3,5,8,13,16H,2,4,6-7,9-12H2,1H3. The largest absolute Gasteiger partial charge is 0.381 e. The Morgan fingerprint density at radius 2 is 2.32 bits per heavy atom. The molecule has 5 heteroatoms. The van der Waals surface area contributed by atoms with Gasteiger partial charge in [0, 0.05) is 32.4 Å². The molecule has 2 aliphatic rings. The first-order chi connectivity index (χ1) is 10.9. The second kappa shape index (κ2) is 5.97. The van der Waals surface area contributed by atoms with Crippen molar-refractivity contribution in [1.82, 2.24) is 19.4 Å². The number of fused-ring (bicyclic) bond motifs is 1. The van der Waals surface area contributed by atoms with E-state index >= 15 is 0 Å². The molecule has 118 valence electrons. The number of ether oxygens (including phenoxy) is 1. The molecule has 2 unspecified atom stereocenters. The molecule has 0 aliphatic carbocycles. The third-order valence-electron chi connectivity index (χ3n) is 5.05. The van der Waals surface area contributed by atoms with E-state index in [4.69, 9.17) is 9.72 Å². The number of pyridine rings is 1. The van der Waals surface area contributed by atoms with E-state index in [0.717, 1.165) is 43.8 Å². The van der Waals surface area contributed by atoms with Crippen molar-refractivity contribution in [2.45, 2.75) is 38.8 Å². The summed E-state index contributed by atoms with van der Waals surface area (Å²) in [7, 11) is 0. The minimum Gasteiger partial charge on any atom is -0.381 e. The van der Waals surface area contributed by atoms with Crippen molar-refractivity contribution in [3.8, 4) is 0 Å². The van der Waals surface area contributed by atoms with E-state index in [1.165, 1.54) is 25.2 Å². The summed E-state index contributed by atoms with van der Waals surface area (Å²) in [5, 5.41) is 0. The van der Waals surface area contributed by atoms with Gasteiger partial charge in [0.25, 0.3) is 0 Å². The molecule has 0 N–H and O–H groups in total. The van der Waals surface area contributed by atoms with Crippen LogP contribution >= 0.6 is 0 Å². The molecule has 0 aromatic carbocycles. The average molecular weight is 300 g/mol. The summed E-state index contributed by atoms with van der Waals surface area (Å²) in [5.74, 6) is 1.79. The van der Waals surface area contributed by atoms with Crippen LogP contribution in [0, 0.1) is 5.92 Å². The Kier molecular flexibility index (Phi) is 3.84. The maximum atomic E-state index is 5.55. The van der Waals surface area contributed by atoms with Gasteiger partial charge in [-0.2, -0.15) is 0 Å². The van der Waals surface area contributed by atoms with Crippen LogP contribution in [0.1, 0.15) is 38.2 Å². The first kappa shape index (κ1) is 14.2. The van der Waals surface area contributed by atoms with Crippen LogP contribution in [-0.2, 0) is 11.2 Å². The molecule has 2 saturated heterocycles. The SMILES string of the molecule is CCN1CCCC1n1c(CC2CCOC2)nc2cccnc21. The lowest BCUT2D eigenvalue weighted by molar-refractivity contribution is 0.182. The van der Waals surface area contributed by atoms with Crippen LogP contribution in [0.2, 0.25) is 0 Å². The Labute approximate surface area is 131 Å². The highest BCUT2D eigenvalue weighted by molar-refractivity contribution is 5.71. The second-order valence-corrected chi connectivity index (χ2v) is 6.43. The lowest BCUT2D eigenvalue weighted by Crippen LogP contribution is -2.29. The Bertz CT molecular complexity index is 647. The highest BCUT2D eigenvalue weighted by Gasteiger charge is 2.30. The Balaban J connectivity index is 1.75. The summed E-state index contributed by atoms with van der Waals surface area (Å²) < 4.78 is 7.95. The molecule has 2 aromatic rings. The van der Waals surface area contributed by atoms with Gasteiger partial charge in [-0.25, -0.2) is 9.97 Å². The maximum Gasteiger partial charge on any atom is 0.161 e. The van der Waals surface area contributed by atoms with Gasteiger partial charge < -0.3 is 4.74 Å². The molecular weight excluding hydrogens is 276 g/mol. The van der Waals surface area contributed by atoms with Crippen molar-refractivity contribution in [3.05, 3.63) is 24.2 Å². The van der Waals surface area contributed by atoms with Gasteiger partial charge in [-0.3, -0.25) is 9.47 Å². The van der Waals surface area contributed by atoms with Crippen LogP contribution in [0.15, 0.2) is 18.3 Å². The molecule has 0 saturated carbocycles. The lowest BCUT2D eigenvalue weighted by atomic mass is 10.0. The van der Waals surface area contributed by atoms with Crippen LogP contribution in [0.3, 0.4) is 0 Å². The first-order valence-electron chi connectivity index (χ1n) is 8.50. The highest BCUT2D eigenvalue weighted by atomic mass is 16.5. The minimum atomic E-state index is 0.419.